The average molecular weight is 488 g/mol. The highest BCUT2D eigenvalue weighted by atomic mass is 127. The molecule has 1 saturated carbocycles. The predicted octanol–water partition coefficient (Wildman–Crippen LogP) is 3.58. The van der Waals surface area contributed by atoms with Crippen molar-refractivity contribution in [1.82, 2.24) is 10.8 Å². The number of amides is 2. The monoisotopic (exact) mass is 488 g/mol. The smallest absolute Gasteiger partial charge is 0.268 e. The molecule has 2 N–H and O–H groups in total. The third-order valence-corrected chi connectivity index (χ3v) is 5.03. The predicted molar refractivity (Wildman–Crippen MR) is 112 cm³/mol. The maximum Gasteiger partial charge on any atom is 0.268 e. The van der Waals surface area contributed by atoms with E-state index in [1.807, 2.05) is 32.9 Å². The molecule has 0 saturated heterocycles. The lowest BCUT2D eigenvalue weighted by molar-refractivity contribution is -0.147. The SMILES string of the molecule is C[C@@H](OC(C)(C)C)[C@H](NC(=O)c1ccc(I)cc1)C(=O)NOC1CCCC1. The van der Waals surface area contributed by atoms with Crippen LogP contribution >= 0.6 is 22.6 Å². The van der Waals surface area contributed by atoms with Gasteiger partial charge in [0, 0.05) is 9.13 Å². The van der Waals surface area contributed by atoms with Crippen LogP contribution in [0.25, 0.3) is 0 Å². The van der Waals surface area contributed by atoms with Crippen molar-refractivity contribution in [3.05, 3.63) is 33.4 Å². The number of nitrogens with one attached hydrogen (secondary N) is 2. The summed E-state index contributed by atoms with van der Waals surface area (Å²) in [6.45, 7) is 7.51. The minimum atomic E-state index is -0.864. The van der Waals surface area contributed by atoms with Crippen molar-refractivity contribution in [2.45, 2.75) is 77.2 Å². The standard InChI is InChI=1S/C20H29IN2O4/c1-13(26-20(2,3)4)17(19(25)23-27-16-7-5-6-8-16)22-18(24)14-9-11-15(21)12-10-14/h9-13,16-17H,5-8H2,1-4H3,(H,22,24)(H,23,25)/t13-,17+/m1/s1. The number of ether oxygens (including phenoxy) is 1. The molecular weight excluding hydrogens is 459 g/mol. The average Bonchev–Trinajstić information content (AvgIpc) is 3.10. The Bertz CT molecular complexity index is 636. The Balaban J connectivity index is 2.06. The Morgan fingerprint density at radius 3 is 2.30 bits per heavy atom. The molecule has 0 spiro atoms. The van der Waals surface area contributed by atoms with Gasteiger partial charge in [-0.3, -0.25) is 14.4 Å². The number of halogens is 1. The molecule has 1 aliphatic rings. The molecule has 0 aromatic heterocycles. The first kappa shape index (κ1) is 22.1. The van der Waals surface area contributed by atoms with Crippen LogP contribution in [0.1, 0.15) is 63.7 Å². The summed E-state index contributed by atoms with van der Waals surface area (Å²) in [7, 11) is 0. The Morgan fingerprint density at radius 1 is 1.15 bits per heavy atom. The Morgan fingerprint density at radius 2 is 1.74 bits per heavy atom. The van der Waals surface area contributed by atoms with Gasteiger partial charge in [0.1, 0.15) is 6.04 Å². The second-order valence-electron chi connectivity index (χ2n) is 7.88. The van der Waals surface area contributed by atoms with Gasteiger partial charge in [-0.25, -0.2) is 5.48 Å². The summed E-state index contributed by atoms with van der Waals surface area (Å²) >= 11 is 2.18. The molecule has 1 aromatic carbocycles. The lowest BCUT2D eigenvalue weighted by Crippen LogP contribution is -2.54. The van der Waals surface area contributed by atoms with Gasteiger partial charge in [0.15, 0.2) is 0 Å². The van der Waals surface area contributed by atoms with Crippen LogP contribution < -0.4 is 10.8 Å². The maximum atomic E-state index is 12.7. The summed E-state index contributed by atoms with van der Waals surface area (Å²) in [5, 5.41) is 2.79. The minimum absolute atomic E-state index is 0.0420. The van der Waals surface area contributed by atoms with Crippen LogP contribution in [0.3, 0.4) is 0 Å². The topological polar surface area (TPSA) is 76.7 Å². The molecule has 7 heteroatoms. The van der Waals surface area contributed by atoms with Crippen molar-refractivity contribution < 1.29 is 19.2 Å². The van der Waals surface area contributed by atoms with Crippen molar-refractivity contribution in [1.29, 1.82) is 0 Å². The van der Waals surface area contributed by atoms with E-state index in [0.29, 0.717) is 5.56 Å². The number of hydrogen-bond acceptors (Lipinski definition) is 4. The maximum absolute atomic E-state index is 12.7. The van der Waals surface area contributed by atoms with Crippen molar-refractivity contribution in [2.24, 2.45) is 0 Å². The van der Waals surface area contributed by atoms with Gasteiger partial charge >= 0.3 is 0 Å². The first-order chi connectivity index (χ1) is 12.7. The number of hydroxylamine groups is 1. The summed E-state index contributed by atoms with van der Waals surface area (Å²) in [4.78, 5) is 30.8. The first-order valence-electron chi connectivity index (χ1n) is 9.35. The fourth-order valence-corrected chi connectivity index (χ4v) is 3.42. The lowest BCUT2D eigenvalue weighted by atomic mass is 10.1. The van der Waals surface area contributed by atoms with E-state index in [1.54, 1.807) is 19.1 Å². The van der Waals surface area contributed by atoms with Crippen LogP contribution in [-0.4, -0.2) is 35.7 Å². The summed E-state index contributed by atoms with van der Waals surface area (Å²) in [6, 6.07) is 6.30. The molecule has 2 amide bonds. The summed E-state index contributed by atoms with van der Waals surface area (Å²) in [5.74, 6) is -0.728. The quantitative estimate of drug-likeness (QED) is 0.455. The van der Waals surface area contributed by atoms with Crippen molar-refractivity contribution >= 4 is 34.4 Å². The number of carbonyl (C=O) groups excluding carboxylic acids is 2. The van der Waals surface area contributed by atoms with Crippen LogP contribution in [0.2, 0.25) is 0 Å². The lowest BCUT2D eigenvalue weighted by Gasteiger charge is -2.30. The van der Waals surface area contributed by atoms with E-state index in [2.05, 4.69) is 33.4 Å². The van der Waals surface area contributed by atoms with Crippen molar-refractivity contribution in [3.63, 3.8) is 0 Å². The van der Waals surface area contributed by atoms with Crippen molar-refractivity contribution in [3.8, 4) is 0 Å². The highest BCUT2D eigenvalue weighted by Crippen LogP contribution is 2.20. The fraction of sp³-hybridized carbons (Fsp3) is 0.600. The molecule has 6 nitrogen and oxygen atoms in total. The van der Waals surface area contributed by atoms with Gasteiger partial charge in [0.2, 0.25) is 0 Å². The molecule has 27 heavy (non-hydrogen) atoms. The van der Waals surface area contributed by atoms with E-state index in [4.69, 9.17) is 9.57 Å². The Labute approximate surface area is 174 Å². The van der Waals surface area contributed by atoms with Gasteiger partial charge in [-0.1, -0.05) is 12.8 Å². The summed E-state index contributed by atoms with van der Waals surface area (Å²) in [5.41, 5.74) is 2.57. The van der Waals surface area contributed by atoms with Gasteiger partial charge in [0.25, 0.3) is 11.8 Å². The third-order valence-electron chi connectivity index (χ3n) is 4.31. The van der Waals surface area contributed by atoms with Gasteiger partial charge < -0.3 is 10.1 Å². The molecule has 0 unspecified atom stereocenters. The van der Waals surface area contributed by atoms with E-state index < -0.39 is 23.7 Å². The number of benzene rings is 1. The fourth-order valence-electron chi connectivity index (χ4n) is 3.06. The molecular formula is C20H29IN2O4. The van der Waals surface area contributed by atoms with Gasteiger partial charge in [0.05, 0.1) is 17.8 Å². The van der Waals surface area contributed by atoms with E-state index in [9.17, 15) is 9.59 Å². The number of hydrogen-bond donors (Lipinski definition) is 2. The molecule has 0 aliphatic heterocycles. The van der Waals surface area contributed by atoms with E-state index in [0.717, 1.165) is 29.3 Å². The zero-order valence-corrected chi connectivity index (χ0v) is 18.5. The zero-order valence-electron chi connectivity index (χ0n) is 16.4. The highest BCUT2D eigenvalue weighted by molar-refractivity contribution is 14.1. The molecule has 1 aliphatic carbocycles. The van der Waals surface area contributed by atoms with Gasteiger partial charge in [-0.15, -0.1) is 0 Å². The second kappa shape index (κ2) is 9.84. The molecule has 1 aromatic rings. The van der Waals surface area contributed by atoms with Crippen LogP contribution in [0.15, 0.2) is 24.3 Å². The van der Waals surface area contributed by atoms with Gasteiger partial charge in [-0.2, -0.15) is 0 Å². The number of carbonyl (C=O) groups is 2. The summed E-state index contributed by atoms with van der Waals surface area (Å²) in [6.07, 6.45) is 3.61. The van der Waals surface area contributed by atoms with E-state index in [1.165, 1.54) is 0 Å². The molecule has 0 bridgehead atoms. The van der Waals surface area contributed by atoms with E-state index >= 15 is 0 Å². The summed E-state index contributed by atoms with van der Waals surface area (Å²) < 4.78 is 6.95. The molecule has 150 valence electrons. The number of rotatable bonds is 7. The molecule has 2 rings (SSSR count). The molecule has 1 fully saturated rings. The van der Waals surface area contributed by atoms with E-state index in [-0.39, 0.29) is 12.0 Å². The van der Waals surface area contributed by atoms with Crippen LogP contribution in [0, 0.1) is 3.57 Å². The van der Waals surface area contributed by atoms with Crippen LogP contribution in [0.4, 0.5) is 0 Å². The second-order valence-corrected chi connectivity index (χ2v) is 9.13. The molecule has 0 radical (unpaired) electrons. The van der Waals surface area contributed by atoms with Crippen LogP contribution in [-0.2, 0) is 14.4 Å². The first-order valence-corrected chi connectivity index (χ1v) is 10.4. The normalized spacial score (nSPS) is 17.4. The third kappa shape index (κ3) is 7.38. The molecule has 2 atom stereocenters. The zero-order chi connectivity index (χ0) is 20.0. The largest absolute Gasteiger partial charge is 0.370 e. The molecule has 0 heterocycles. The Hall–Kier alpha value is -1.19. The van der Waals surface area contributed by atoms with Crippen molar-refractivity contribution in [2.75, 3.05) is 0 Å². The minimum Gasteiger partial charge on any atom is -0.370 e. The Kier molecular flexibility index (Phi) is 8.05. The highest BCUT2D eigenvalue weighted by Gasteiger charge is 2.32. The van der Waals surface area contributed by atoms with Gasteiger partial charge in [-0.05, 0) is 87.4 Å². The van der Waals surface area contributed by atoms with Crippen LogP contribution in [0.5, 0.6) is 0 Å².